The summed E-state index contributed by atoms with van der Waals surface area (Å²) >= 11 is 3.87. The lowest BCUT2D eigenvalue weighted by molar-refractivity contribution is -0.119. The lowest BCUT2D eigenvalue weighted by atomic mass is 10.3. The molecule has 0 aliphatic rings. The van der Waals surface area contributed by atoms with Gasteiger partial charge in [0, 0.05) is 5.75 Å². The highest BCUT2D eigenvalue weighted by Crippen LogP contribution is 1.82. The summed E-state index contributed by atoms with van der Waals surface area (Å²) in [7, 11) is 1.67. The number of likely N-dealkylation sites (N-methyl/N-ethyl adjacent to an activating group) is 1. The first-order valence-electron chi connectivity index (χ1n) is 3.29. The van der Waals surface area contributed by atoms with Gasteiger partial charge in [-0.3, -0.25) is 4.79 Å². The van der Waals surface area contributed by atoms with Crippen molar-refractivity contribution in [2.24, 2.45) is 5.73 Å². The van der Waals surface area contributed by atoms with Crippen LogP contribution in [0.4, 0.5) is 0 Å². The fraction of sp³-hybridized carbons (Fsp3) is 0.833. The number of primary amides is 1. The molecule has 3 nitrogen and oxygen atoms in total. The number of amides is 1. The van der Waals surface area contributed by atoms with Gasteiger partial charge in [0.15, 0.2) is 0 Å². The Morgan fingerprint density at radius 3 is 2.10 bits per heavy atom. The molecular weight excluding hydrogens is 148 g/mol. The third-order valence-corrected chi connectivity index (χ3v) is 1.24. The molecule has 0 radical (unpaired) electrons. The fourth-order valence-corrected chi connectivity index (χ4v) is 0.686. The summed E-state index contributed by atoms with van der Waals surface area (Å²) < 4.78 is 0. The average molecular weight is 164 g/mol. The van der Waals surface area contributed by atoms with Gasteiger partial charge in [-0.15, -0.1) is 0 Å². The van der Waals surface area contributed by atoms with Gasteiger partial charge in [0.1, 0.15) is 0 Å². The number of rotatable bonds is 3. The van der Waals surface area contributed by atoms with Crippen molar-refractivity contribution in [3.05, 3.63) is 0 Å². The first kappa shape index (κ1) is 12.5. The highest BCUT2D eigenvalue weighted by Gasteiger charge is 2.07. The number of carbonyl (C=O) groups excluding carboxylic acids is 1. The highest BCUT2D eigenvalue weighted by molar-refractivity contribution is 7.80. The lowest BCUT2D eigenvalue weighted by Gasteiger charge is -2.05. The Labute approximate surface area is 67.8 Å². The minimum Gasteiger partial charge on any atom is -0.368 e. The molecule has 0 aromatic rings. The molecule has 0 heterocycles. The van der Waals surface area contributed by atoms with Crippen LogP contribution < -0.4 is 11.1 Å². The van der Waals surface area contributed by atoms with E-state index < -0.39 is 0 Å². The minimum atomic E-state index is -0.359. The number of nitrogens with one attached hydrogen (secondary N) is 1. The van der Waals surface area contributed by atoms with E-state index in [1.807, 2.05) is 13.8 Å². The van der Waals surface area contributed by atoms with E-state index in [9.17, 15) is 4.79 Å². The Bertz CT molecular complexity index is 83.8. The van der Waals surface area contributed by atoms with Crippen molar-refractivity contribution in [2.75, 3.05) is 12.8 Å². The van der Waals surface area contributed by atoms with Crippen LogP contribution in [-0.2, 0) is 4.79 Å². The van der Waals surface area contributed by atoms with Crippen molar-refractivity contribution in [1.82, 2.24) is 5.32 Å². The molecule has 0 rings (SSSR count). The molecule has 0 aliphatic carbocycles. The first-order valence-corrected chi connectivity index (χ1v) is 3.93. The number of hydrogen-bond donors (Lipinski definition) is 3. The SMILES string of the molecule is CC.CNC(CS)C(N)=O. The molecule has 4 heteroatoms. The van der Waals surface area contributed by atoms with Crippen molar-refractivity contribution < 1.29 is 4.79 Å². The summed E-state index contributed by atoms with van der Waals surface area (Å²) in [6.07, 6.45) is 0. The average Bonchev–Trinajstić information content (AvgIpc) is 1.94. The molecule has 0 aromatic carbocycles. The van der Waals surface area contributed by atoms with Gasteiger partial charge in [0.2, 0.25) is 5.91 Å². The van der Waals surface area contributed by atoms with Gasteiger partial charge in [0.25, 0.3) is 0 Å². The van der Waals surface area contributed by atoms with Crippen molar-refractivity contribution in [3.63, 3.8) is 0 Å². The zero-order valence-electron chi connectivity index (χ0n) is 6.72. The molecule has 1 amide bonds. The zero-order valence-corrected chi connectivity index (χ0v) is 7.61. The second kappa shape index (κ2) is 8.78. The molecule has 0 fully saturated rings. The first-order chi connectivity index (χ1) is 4.72. The van der Waals surface area contributed by atoms with E-state index in [1.165, 1.54) is 0 Å². The smallest absolute Gasteiger partial charge is 0.235 e. The van der Waals surface area contributed by atoms with Crippen molar-refractivity contribution in [1.29, 1.82) is 0 Å². The van der Waals surface area contributed by atoms with Gasteiger partial charge >= 0.3 is 0 Å². The predicted molar refractivity (Wildman–Crippen MR) is 47.2 cm³/mol. The number of nitrogens with two attached hydrogens (primary N) is 1. The summed E-state index contributed by atoms with van der Waals surface area (Å²) in [4.78, 5) is 10.3. The molecule has 0 saturated carbocycles. The van der Waals surface area contributed by atoms with Crippen LogP contribution >= 0.6 is 12.6 Å². The molecule has 62 valence electrons. The maximum atomic E-state index is 10.3. The van der Waals surface area contributed by atoms with Crippen LogP contribution in [0.5, 0.6) is 0 Å². The minimum absolute atomic E-state index is 0.293. The topological polar surface area (TPSA) is 55.1 Å². The van der Waals surface area contributed by atoms with Crippen molar-refractivity contribution in [2.45, 2.75) is 19.9 Å². The quantitative estimate of drug-likeness (QED) is 0.515. The predicted octanol–water partition coefficient (Wildman–Crippen LogP) is 0.0157. The Morgan fingerprint density at radius 1 is 1.70 bits per heavy atom. The Morgan fingerprint density at radius 2 is 2.10 bits per heavy atom. The standard InChI is InChI=1S/C4H10N2OS.C2H6/c1-6-3(2-8)4(5)7;1-2/h3,6,8H,2H2,1H3,(H2,5,7);1-2H3. The van der Waals surface area contributed by atoms with Gasteiger partial charge in [-0.1, -0.05) is 13.8 Å². The van der Waals surface area contributed by atoms with Crippen LogP contribution in [-0.4, -0.2) is 24.7 Å². The van der Waals surface area contributed by atoms with E-state index in [2.05, 4.69) is 17.9 Å². The molecule has 3 N–H and O–H groups in total. The molecule has 1 unspecified atom stereocenters. The summed E-state index contributed by atoms with van der Waals surface area (Å²) in [6.45, 7) is 4.00. The number of hydrogen-bond acceptors (Lipinski definition) is 3. The maximum Gasteiger partial charge on any atom is 0.235 e. The van der Waals surface area contributed by atoms with E-state index in [0.29, 0.717) is 5.75 Å². The van der Waals surface area contributed by atoms with E-state index in [1.54, 1.807) is 7.05 Å². The largest absolute Gasteiger partial charge is 0.368 e. The van der Waals surface area contributed by atoms with E-state index in [4.69, 9.17) is 5.73 Å². The lowest BCUT2D eigenvalue weighted by Crippen LogP contribution is -2.40. The van der Waals surface area contributed by atoms with Crippen LogP contribution in [0, 0.1) is 0 Å². The second-order valence-corrected chi connectivity index (χ2v) is 1.79. The second-order valence-electron chi connectivity index (χ2n) is 1.43. The van der Waals surface area contributed by atoms with E-state index >= 15 is 0 Å². The summed E-state index contributed by atoms with van der Waals surface area (Å²) in [6, 6.07) is -0.293. The molecule has 0 bridgehead atoms. The molecule has 10 heavy (non-hydrogen) atoms. The number of carbonyl (C=O) groups is 1. The van der Waals surface area contributed by atoms with E-state index in [-0.39, 0.29) is 11.9 Å². The summed E-state index contributed by atoms with van der Waals surface area (Å²) in [5, 5.41) is 2.70. The Kier molecular flexibility index (Phi) is 10.9. The van der Waals surface area contributed by atoms with Gasteiger partial charge in [0.05, 0.1) is 6.04 Å². The third kappa shape index (κ3) is 5.91. The number of thiol groups is 1. The Balaban J connectivity index is 0. The van der Waals surface area contributed by atoms with Crippen molar-refractivity contribution in [3.8, 4) is 0 Å². The molecule has 0 saturated heterocycles. The molecule has 0 aliphatic heterocycles. The molecule has 0 spiro atoms. The van der Waals surface area contributed by atoms with Gasteiger partial charge in [-0.25, -0.2) is 0 Å². The van der Waals surface area contributed by atoms with Crippen LogP contribution in [0.1, 0.15) is 13.8 Å². The Hall–Kier alpha value is -0.220. The summed E-state index contributed by atoms with van der Waals surface area (Å²) in [5.74, 6) is 0.0914. The van der Waals surface area contributed by atoms with Crippen LogP contribution in [0.15, 0.2) is 0 Å². The van der Waals surface area contributed by atoms with Gasteiger partial charge in [-0.05, 0) is 7.05 Å². The van der Waals surface area contributed by atoms with Crippen LogP contribution in [0.25, 0.3) is 0 Å². The maximum absolute atomic E-state index is 10.3. The molecular formula is C6H16N2OS. The third-order valence-electron chi connectivity index (χ3n) is 0.874. The highest BCUT2D eigenvalue weighted by atomic mass is 32.1. The van der Waals surface area contributed by atoms with E-state index in [0.717, 1.165) is 0 Å². The normalized spacial score (nSPS) is 11.2. The fourth-order valence-electron chi connectivity index (χ4n) is 0.324. The van der Waals surface area contributed by atoms with Crippen LogP contribution in [0.2, 0.25) is 0 Å². The molecule has 0 aromatic heterocycles. The summed E-state index contributed by atoms with van der Waals surface area (Å²) in [5.41, 5.74) is 4.91. The zero-order chi connectivity index (χ0) is 8.57. The van der Waals surface area contributed by atoms with Gasteiger partial charge < -0.3 is 11.1 Å². The van der Waals surface area contributed by atoms with Crippen molar-refractivity contribution >= 4 is 18.5 Å². The van der Waals surface area contributed by atoms with Gasteiger partial charge in [-0.2, -0.15) is 12.6 Å². The monoisotopic (exact) mass is 164 g/mol. The van der Waals surface area contributed by atoms with Crippen LogP contribution in [0.3, 0.4) is 0 Å². The molecule has 1 atom stereocenters.